The van der Waals surface area contributed by atoms with E-state index < -0.39 is 0 Å². The minimum Gasteiger partial charge on any atom is -0.465 e. The van der Waals surface area contributed by atoms with Crippen molar-refractivity contribution in [3.8, 4) is 0 Å². The van der Waals surface area contributed by atoms with E-state index in [2.05, 4.69) is 13.8 Å². The minimum absolute atomic E-state index is 0.0474. The topological polar surface area (TPSA) is 26.3 Å². The van der Waals surface area contributed by atoms with Gasteiger partial charge in [0.25, 0.3) is 0 Å². The van der Waals surface area contributed by atoms with Gasteiger partial charge in [-0.3, -0.25) is 4.79 Å². The molecule has 0 saturated carbocycles. The molecule has 0 aromatic carbocycles. The molecule has 12 heavy (non-hydrogen) atoms. The predicted molar refractivity (Wildman–Crippen MR) is 47.8 cm³/mol. The van der Waals surface area contributed by atoms with Gasteiger partial charge in [0.2, 0.25) is 0 Å². The summed E-state index contributed by atoms with van der Waals surface area (Å²) in [7, 11) is 0. The summed E-state index contributed by atoms with van der Waals surface area (Å²) < 4.78 is 5.04. The van der Waals surface area contributed by atoms with Gasteiger partial charge in [-0.2, -0.15) is 0 Å². The quantitative estimate of drug-likeness (QED) is 0.606. The highest BCUT2D eigenvalue weighted by molar-refractivity contribution is 5.78. The number of rotatable bonds is 4. The number of carbonyl (C=O) groups is 1. The predicted octanol–water partition coefficient (Wildman–Crippen LogP) is 2.52. The summed E-state index contributed by atoms with van der Waals surface area (Å²) in [4.78, 5) is 11.5. The van der Waals surface area contributed by atoms with Crippen molar-refractivity contribution in [2.24, 2.45) is 5.41 Å². The third-order valence-electron chi connectivity index (χ3n) is 2.70. The van der Waals surface area contributed by atoms with Crippen LogP contribution in [0.1, 0.15) is 46.0 Å². The largest absolute Gasteiger partial charge is 0.465 e. The van der Waals surface area contributed by atoms with Crippen molar-refractivity contribution in [2.45, 2.75) is 46.0 Å². The Balaban J connectivity index is 2.63. The second kappa shape index (κ2) is 3.92. The fraction of sp³-hybridized carbons (Fsp3) is 0.900. The summed E-state index contributed by atoms with van der Waals surface area (Å²) in [5, 5.41) is 0. The number of hydrogen-bond donors (Lipinski definition) is 0. The molecule has 0 aliphatic carbocycles. The second-order valence-corrected chi connectivity index (χ2v) is 3.67. The zero-order valence-electron chi connectivity index (χ0n) is 8.06. The molecule has 1 heterocycles. The van der Waals surface area contributed by atoms with E-state index in [-0.39, 0.29) is 11.4 Å². The first-order valence-electron chi connectivity index (χ1n) is 4.92. The van der Waals surface area contributed by atoms with Gasteiger partial charge in [-0.15, -0.1) is 0 Å². The number of carbonyl (C=O) groups excluding carboxylic acids is 1. The molecule has 0 aromatic heterocycles. The zero-order chi connectivity index (χ0) is 9.03. The molecule has 0 aromatic rings. The van der Waals surface area contributed by atoms with Crippen LogP contribution in [0.5, 0.6) is 0 Å². The van der Waals surface area contributed by atoms with Gasteiger partial charge in [-0.25, -0.2) is 0 Å². The van der Waals surface area contributed by atoms with Crippen LogP contribution in [0.15, 0.2) is 0 Å². The van der Waals surface area contributed by atoms with Crippen molar-refractivity contribution in [1.82, 2.24) is 0 Å². The Hall–Kier alpha value is -0.530. The van der Waals surface area contributed by atoms with Gasteiger partial charge in [0.1, 0.15) is 0 Å². The average Bonchev–Trinajstić information content (AvgIpc) is 2.35. The number of ether oxygens (including phenoxy) is 1. The fourth-order valence-corrected chi connectivity index (χ4v) is 2.13. The van der Waals surface area contributed by atoms with E-state index in [1.165, 1.54) is 0 Å². The summed E-state index contributed by atoms with van der Waals surface area (Å²) in [6.45, 7) is 4.89. The lowest BCUT2D eigenvalue weighted by Crippen LogP contribution is -2.25. The molecule has 1 saturated heterocycles. The fourth-order valence-electron chi connectivity index (χ4n) is 2.13. The van der Waals surface area contributed by atoms with E-state index in [0.717, 1.165) is 32.1 Å². The molecule has 1 rings (SSSR count). The number of cyclic esters (lactones) is 1. The average molecular weight is 170 g/mol. The normalized spacial score (nSPS) is 21.0. The molecule has 1 fully saturated rings. The molecule has 2 nitrogen and oxygen atoms in total. The molecule has 0 bridgehead atoms. The molecule has 1 aliphatic rings. The summed E-state index contributed by atoms with van der Waals surface area (Å²) in [6, 6.07) is 0. The van der Waals surface area contributed by atoms with Crippen LogP contribution in [0.2, 0.25) is 0 Å². The Morgan fingerprint density at radius 2 is 1.92 bits per heavy atom. The molecule has 1 aliphatic heterocycles. The third kappa shape index (κ3) is 1.62. The number of esters is 1. The maximum atomic E-state index is 11.5. The molecule has 2 heteroatoms. The van der Waals surface area contributed by atoms with Crippen LogP contribution < -0.4 is 0 Å². The molecule has 0 spiro atoms. The molecule has 0 amide bonds. The molecule has 0 atom stereocenters. The van der Waals surface area contributed by atoms with Crippen LogP contribution in [-0.4, -0.2) is 12.6 Å². The smallest absolute Gasteiger partial charge is 0.312 e. The Bertz CT molecular complexity index is 157. The Morgan fingerprint density at radius 3 is 2.25 bits per heavy atom. The Kier molecular flexibility index (Phi) is 3.12. The van der Waals surface area contributed by atoms with Gasteiger partial charge >= 0.3 is 5.97 Å². The highest BCUT2D eigenvalue weighted by Gasteiger charge is 2.42. The van der Waals surface area contributed by atoms with Gasteiger partial charge in [-0.1, -0.05) is 26.7 Å². The van der Waals surface area contributed by atoms with Crippen LogP contribution in [0.4, 0.5) is 0 Å². The van der Waals surface area contributed by atoms with Crippen LogP contribution in [0.3, 0.4) is 0 Å². The Morgan fingerprint density at radius 1 is 1.33 bits per heavy atom. The molecule has 70 valence electrons. The van der Waals surface area contributed by atoms with Gasteiger partial charge in [0, 0.05) is 0 Å². The molecule has 0 radical (unpaired) electrons. The van der Waals surface area contributed by atoms with E-state index in [1.807, 2.05) is 0 Å². The second-order valence-electron chi connectivity index (χ2n) is 3.67. The van der Waals surface area contributed by atoms with Gasteiger partial charge in [-0.05, 0) is 19.3 Å². The summed E-state index contributed by atoms with van der Waals surface area (Å²) in [5.74, 6) is 0.0474. The van der Waals surface area contributed by atoms with E-state index in [0.29, 0.717) is 6.61 Å². The lowest BCUT2D eigenvalue weighted by atomic mass is 9.78. The van der Waals surface area contributed by atoms with Crippen molar-refractivity contribution in [1.29, 1.82) is 0 Å². The van der Waals surface area contributed by atoms with Crippen molar-refractivity contribution in [2.75, 3.05) is 6.61 Å². The van der Waals surface area contributed by atoms with Crippen molar-refractivity contribution in [3.05, 3.63) is 0 Å². The first-order chi connectivity index (χ1) is 5.75. The number of hydrogen-bond acceptors (Lipinski definition) is 2. The lowest BCUT2D eigenvalue weighted by Gasteiger charge is -2.22. The lowest BCUT2D eigenvalue weighted by molar-refractivity contribution is -0.147. The van der Waals surface area contributed by atoms with Crippen LogP contribution >= 0.6 is 0 Å². The van der Waals surface area contributed by atoms with Crippen LogP contribution in [0, 0.1) is 5.41 Å². The standard InChI is InChI=1S/C10H18O2/c1-3-5-10(6-4-2)7-8-12-9(10)11/h3-8H2,1-2H3. The monoisotopic (exact) mass is 170 g/mol. The van der Waals surface area contributed by atoms with E-state index >= 15 is 0 Å². The first-order valence-corrected chi connectivity index (χ1v) is 4.92. The van der Waals surface area contributed by atoms with E-state index in [1.54, 1.807) is 0 Å². The van der Waals surface area contributed by atoms with E-state index in [4.69, 9.17) is 4.74 Å². The summed E-state index contributed by atoms with van der Waals surface area (Å²) >= 11 is 0. The maximum Gasteiger partial charge on any atom is 0.312 e. The third-order valence-corrected chi connectivity index (χ3v) is 2.70. The van der Waals surface area contributed by atoms with E-state index in [9.17, 15) is 4.79 Å². The van der Waals surface area contributed by atoms with Gasteiger partial charge in [0.15, 0.2) is 0 Å². The van der Waals surface area contributed by atoms with Crippen molar-refractivity contribution >= 4 is 5.97 Å². The molecular weight excluding hydrogens is 152 g/mol. The van der Waals surface area contributed by atoms with Crippen molar-refractivity contribution < 1.29 is 9.53 Å². The Labute approximate surface area is 74.3 Å². The summed E-state index contributed by atoms with van der Waals surface area (Å²) in [6.07, 6.45) is 5.09. The van der Waals surface area contributed by atoms with Crippen molar-refractivity contribution in [3.63, 3.8) is 0 Å². The van der Waals surface area contributed by atoms with Gasteiger partial charge in [0.05, 0.1) is 12.0 Å². The summed E-state index contributed by atoms with van der Waals surface area (Å²) in [5.41, 5.74) is -0.108. The molecule has 0 unspecified atom stereocenters. The molecular formula is C10H18O2. The highest BCUT2D eigenvalue weighted by atomic mass is 16.5. The zero-order valence-corrected chi connectivity index (χ0v) is 8.06. The maximum absolute atomic E-state index is 11.5. The van der Waals surface area contributed by atoms with Crippen LogP contribution in [-0.2, 0) is 9.53 Å². The SMILES string of the molecule is CCCC1(CCC)CCOC1=O. The minimum atomic E-state index is -0.108. The first kappa shape index (κ1) is 9.56. The van der Waals surface area contributed by atoms with Gasteiger partial charge < -0.3 is 4.74 Å². The van der Waals surface area contributed by atoms with Crippen LogP contribution in [0.25, 0.3) is 0 Å². The molecule has 0 N–H and O–H groups in total. The highest BCUT2D eigenvalue weighted by Crippen LogP contribution is 2.39.